The van der Waals surface area contributed by atoms with Crippen LogP contribution < -0.4 is 10.2 Å². The molecule has 8 heteroatoms. The average molecular weight is 334 g/mol. The van der Waals surface area contributed by atoms with Gasteiger partial charge in [0.15, 0.2) is 0 Å². The summed E-state index contributed by atoms with van der Waals surface area (Å²) in [4.78, 5) is 26.3. The molecule has 24 heavy (non-hydrogen) atoms. The molecule has 132 valence electrons. The third-order valence-electron chi connectivity index (χ3n) is 4.45. The Balaban J connectivity index is 1.54. The lowest BCUT2D eigenvalue weighted by Gasteiger charge is -2.33. The largest absolute Gasteiger partial charge is 0.379 e. The van der Waals surface area contributed by atoms with Gasteiger partial charge < -0.3 is 19.9 Å². The first-order valence-corrected chi connectivity index (χ1v) is 8.58. The molecule has 3 heterocycles. The second-order valence-corrected chi connectivity index (χ2v) is 6.17. The minimum Gasteiger partial charge on any atom is -0.379 e. The molecule has 8 nitrogen and oxygen atoms in total. The second kappa shape index (κ2) is 8.25. The van der Waals surface area contributed by atoms with Crippen LogP contribution in [0.25, 0.3) is 0 Å². The molecule has 0 radical (unpaired) electrons. The molecule has 1 amide bonds. The molecule has 1 aromatic rings. The first-order valence-electron chi connectivity index (χ1n) is 8.58. The van der Waals surface area contributed by atoms with Crippen molar-refractivity contribution in [2.75, 3.05) is 75.8 Å². The number of hydrogen-bond donors (Lipinski definition) is 1. The van der Waals surface area contributed by atoms with Gasteiger partial charge in [-0.05, 0) is 6.92 Å². The Morgan fingerprint density at radius 3 is 2.62 bits per heavy atom. The van der Waals surface area contributed by atoms with Crippen LogP contribution in [0.15, 0.2) is 6.07 Å². The zero-order valence-corrected chi connectivity index (χ0v) is 14.3. The van der Waals surface area contributed by atoms with Crippen molar-refractivity contribution < 1.29 is 9.53 Å². The van der Waals surface area contributed by atoms with Crippen LogP contribution in [0.1, 0.15) is 5.82 Å². The molecule has 0 saturated carbocycles. The zero-order chi connectivity index (χ0) is 16.8. The van der Waals surface area contributed by atoms with Crippen molar-refractivity contribution in [3.05, 3.63) is 11.9 Å². The van der Waals surface area contributed by atoms with E-state index in [-0.39, 0.29) is 0 Å². The van der Waals surface area contributed by atoms with E-state index < -0.39 is 0 Å². The van der Waals surface area contributed by atoms with Gasteiger partial charge in [0.1, 0.15) is 17.5 Å². The number of morpholine rings is 1. The maximum absolute atomic E-state index is 10.8. The summed E-state index contributed by atoms with van der Waals surface area (Å²) in [7, 11) is 0. The molecule has 2 aliphatic heterocycles. The first kappa shape index (κ1) is 16.9. The van der Waals surface area contributed by atoms with Gasteiger partial charge in [-0.3, -0.25) is 9.69 Å². The van der Waals surface area contributed by atoms with Gasteiger partial charge in [-0.1, -0.05) is 0 Å². The average Bonchev–Trinajstić information content (AvgIpc) is 2.62. The minimum absolute atomic E-state index is 0.742. The van der Waals surface area contributed by atoms with E-state index in [1.54, 1.807) is 4.90 Å². The molecule has 0 aliphatic carbocycles. The quantitative estimate of drug-likeness (QED) is 0.723. The topological polar surface area (TPSA) is 73.8 Å². The SMILES string of the molecule is Cc1nc(NCCN2CCOCC2)cc(N2CCN(C=O)CC2)n1. The van der Waals surface area contributed by atoms with E-state index in [0.717, 1.165) is 89.4 Å². The summed E-state index contributed by atoms with van der Waals surface area (Å²) >= 11 is 0. The summed E-state index contributed by atoms with van der Waals surface area (Å²) < 4.78 is 5.37. The molecular formula is C16H26N6O2. The monoisotopic (exact) mass is 334 g/mol. The number of hydrogen-bond acceptors (Lipinski definition) is 7. The van der Waals surface area contributed by atoms with Crippen LogP contribution >= 0.6 is 0 Å². The highest BCUT2D eigenvalue weighted by Crippen LogP contribution is 2.17. The number of aryl methyl sites for hydroxylation is 1. The smallest absolute Gasteiger partial charge is 0.209 e. The predicted octanol–water partition coefficient (Wildman–Crippen LogP) is -0.192. The van der Waals surface area contributed by atoms with E-state index in [2.05, 4.69) is 25.1 Å². The summed E-state index contributed by atoms with van der Waals surface area (Å²) in [5.74, 6) is 2.56. The molecule has 1 N–H and O–H groups in total. The number of amides is 1. The molecule has 1 aromatic heterocycles. The number of nitrogens with one attached hydrogen (secondary N) is 1. The van der Waals surface area contributed by atoms with E-state index in [1.165, 1.54) is 0 Å². The molecule has 0 bridgehead atoms. The van der Waals surface area contributed by atoms with Crippen LogP contribution in [0.5, 0.6) is 0 Å². The minimum atomic E-state index is 0.742. The fraction of sp³-hybridized carbons (Fsp3) is 0.688. The predicted molar refractivity (Wildman–Crippen MR) is 92.4 cm³/mol. The molecule has 2 fully saturated rings. The van der Waals surface area contributed by atoms with E-state index in [9.17, 15) is 4.79 Å². The van der Waals surface area contributed by atoms with Crippen molar-refractivity contribution in [2.24, 2.45) is 0 Å². The van der Waals surface area contributed by atoms with Gasteiger partial charge in [-0.2, -0.15) is 0 Å². The lowest BCUT2D eigenvalue weighted by Crippen LogP contribution is -2.46. The Kier molecular flexibility index (Phi) is 5.81. The lowest BCUT2D eigenvalue weighted by molar-refractivity contribution is -0.118. The van der Waals surface area contributed by atoms with Gasteiger partial charge in [0.05, 0.1) is 13.2 Å². The Hall–Kier alpha value is -1.93. The fourth-order valence-corrected chi connectivity index (χ4v) is 3.03. The van der Waals surface area contributed by atoms with Crippen LogP contribution in [-0.2, 0) is 9.53 Å². The maximum Gasteiger partial charge on any atom is 0.209 e. The lowest BCUT2D eigenvalue weighted by atomic mass is 10.3. The molecule has 3 rings (SSSR count). The second-order valence-electron chi connectivity index (χ2n) is 6.17. The Morgan fingerprint density at radius 1 is 1.17 bits per heavy atom. The van der Waals surface area contributed by atoms with Crippen molar-refractivity contribution in [1.82, 2.24) is 19.8 Å². The van der Waals surface area contributed by atoms with E-state index in [4.69, 9.17) is 4.74 Å². The summed E-state index contributed by atoms with van der Waals surface area (Å²) in [5, 5.41) is 3.41. The van der Waals surface area contributed by atoms with Crippen molar-refractivity contribution in [3.8, 4) is 0 Å². The molecule has 2 aliphatic rings. The van der Waals surface area contributed by atoms with Gasteiger partial charge in [-0.15, -0.1) is 0 Å². The highest BCUT2D eigenvalue weighted by molar-refractivity contribution is 5.52. The van der Waals surface area contributed by atoms with Crippen molar-refractivity contribution in [1.29, 1.82) is 0 Å². The number of carbonyl (C=O) groups is 1. The normalized spacial score (nSPS) is 19.4. The highest BCUT2D eigenvalue weighted by Gasteiger charge is 2.18. The number of carbonyl (C=O) groups excluding carboxylic acids is 1. The number of nitrogens with zero attached hydrogens (tertiary/aromatic N) is 5. The van der Waals surface area contributed by atoms with Crippen LogP contribution in [-0.4, -0.2) is 91.7 Å². The van der Waals surface area contributed by atoms with E-state index in [0.29, 0.717) is 0 Å². The van der Waals surface area contributed by atoms with Crippen molar-refractivity contribution >= 4 is 18.0 Å². The summed E-state index contributed by atoms with van der Waals surface area (Å²) in [6, 6.07) is 2.00. The summed E-state index contributed by atoms with van der Waals surface area (Å²) in [5.41, 5.74) is 0. The van der Waals surface area contributed by atoms with Crippen LogP contribution in [0.2, 0.25) is 0 Å². The van der Waals surface area contributed by atoms with Crippen LogP contribution in [0.4, 0.5) is 11.6 Å². The number of anilines is 2. The van der Waals surface area contributed by atoms with Gasteiger partial charge >= 0.3 is 0 Å². The van der Waals surface area contributed by atoms with E-state index >= 15 is 0 Å². The molecule has 0 unspecified atom stereocenters. The fourth-order valence-electron chi connectivity index (χ4n) is 3.03. The molecular weight excluding hydrogens is 308 g/mol. The Labute approximate surface area is 142 Å². The summed E-state index contributed by atoms with van der Waals surface area (Å²) in [6.07, 6.45) is 0.918. The highest BCUT2D eigenvalue weighted by atomic mass is 16.5. The van der Waals surface area contributed by atoms with Crippen LogP contribution in [0, 0.1) is 6.92 Å². The number of ether oxygens (including phenoxy) is 1. The number of rotatable bonds is 6. The third-order valence-corrected chi connectivity index (χ3v) is 4.45. The first-order chi connectivity index (χ1) is 11.7. The van der Waals surface area contributed by atoms with Gasteiger partial charge in [-0.25, -0.2) is 9.97 Å². The van der Waals surface area contributed by atoms with Crippen molar-refractivity contribution in [3.63, 3.8) is 0 Å². The van der Waals surface area contributed by atoms with Gasteiger partial charge in [0, 0.05) is 58.4 Å². The zero-order valence-electron chi connectivity index (χ0n) is 14.3. The molecule has 0 atom stereocenters. The van der Waals surface area contributed by atoms with Crippen molar-refractivity contribution in [2.45, 2.75) is 6.92 Å². The third kappa shape index (κ3) is 4.55. The molecule has 2 saturated heterocycles. The Morgan fingerprint density at radius 2 is 1.92 bits per heavy atom. The summed E-state index contributed by atoms with van der Waals surface area (Å²) in [6.45, 7) is 10.5. The number of piperazine rings is 1. The Bertz CT molecular complexity index is 541. The van der Waals surface area contributed by atoms with Gasteiger partial charge in [0.25, 0.3) is 0 Å². The number of aromatic nitrogens is 2. The van der Waals surface area contributed by atoms with Crippen LogP contribution in [0.3, 0.4) is 0 Å². The molecule has 0 aromatic carbocycles. The molecule has 0 spiro atoms. The standard InChI is InChI=1S/C16H26N6O2/c1-14-18-15(17-2-3-20-8-10-24-11-9-20)12-16(19-14)22-6-4-21(13-23)5-7-22/h12-13H,2-11H2,1H3,(H,17,18,19). The maximum atomic E-state index is 10.8. The van der Waals surface area contributed by atoms with Gasteiger partial charge in [0.2, 0.25) is 6.41 Å². The van der Waals surface area contributed by atoms with E-state index in [1.807, 2.05) is 13.0 Å².